The molecule has 0 aliphatic heterocycles. The van der Waals surface area contributed by atoms with Gasteiger partial charge in [-0.3, -0.25) is 0 Å². The normalized spacial score (nSPS) is 11.5. The van der Waals surface area contributed by atoms with Crippen molar-refractivity contribution in [2.75, 3.05) is 4.90 Å². The molecule has 0 unspecified atom stereocenters. The summed E-state index contributed by atoms with van der Waals surface area (Å²) in [6.45, 7) is 0. The molecule has 1 aromatic heterocycles. The van der Waals surface area contributed by atoms with Crippen LogP contribution in [0.1, 0.15) is 0 Å². The predicted octanol–water partition coefficient (Wildman–Crippen LogP) is 18.4. The van der Waals surface area contributed by atoms with Gasteiger partial charge in [-0.15, -0.1) is 0 Å². The van der Waals surface area contributed by atoms with Crippen LogP contribution < -0.4 is 4.90 Å². The molecule has 0 aliphatic rings. The number of hydrogen-bond acceptors (Lipinski definition) is 1. The van der Waals surface area contributed by atoms with Gasteiger partial charge in [0.1, 0.15) is 0 Å². The molecule has 0 spiro atoms. The maximum atomic E-state index is 2.51. The van der Waals surface area contributed by atoms with Gasteiger partial charge >= 0.3 is 0 Å². The van der Waals surface area contributed by atoms with E-state index in [9.17, 15) is 0 Å². The van der Waals surface area contributed by atoms with Crippen LogP contribution in [0.2, 0.25) is 0 Å². The highest BCUT2D eigenvalue weighted by atomic mass is 15.1. The fourth-order valence-electron chi connectivity index (χ4n) is 10.7. The fourth-order valence-corrected chi connectivity index (χ4v) is 10.7. The third kappa shape index (κ3) is 6.65. The number of benzene rings is 12. The second-order valence-electron chi connectivity index (χ2n) is 17.6. The van der Waals surface area contributed by atoms with Crippen LogP contribution >= 0.6 is 0 Å². The van der Waals surface area contributed by atoms with E-state index < -0.39 is 0 Å². The maximum absolute atomic E-state index is 2.51. The zero-order valence-corrected chi connectivity index (χ0v) is 37.3. The molecule has 2 nitrogen and oxygen atoms in total. The van der Waals surface area contributed by atoms with Crippen molar-refractivity contribution >= 4 is 71.1 Å². The molecule has 1 heterocycles. The van der Waals surface area contributed by atoms with Crippen LogP contribution in [0.3, 0.4) is 0 Å². The van der Waals surface area contributed by atoms with E-state index in [1.54, 1.807) is 0 Å². The molecule has 0 radical (unpaired) electrons. The predicted molar refractivity (Wildman–Crippen MR) is 290 cm³/mol. The van der Waals surface area contributed by atoms with Crippen LogP contribution in [0.5, 0.6) is 0 Å². The molecule has 318 valence electrons. The quantitative estimate of drug-likeness (QED) is 0.138. The zero-order chi connectivity index (χ0) is 45.0. The molecular formula is C66H44N2. The minimum Gasteiger partial charge on any atom is -0.311 e. The lowest BCUT2D eigenvalue weighted by molar-refractivity contribution is 1.13. The molecule has 0 N–H and O–H groups in total. The summed E-state index contributed by atoms with van der Waals surface area (Å²) in [6.07, 6.45) is 0. The Balaban J connectivity index is 1.17. The Morgan fingerprint density at radius 1 is 0.250 bits per heavy atom. The lowest BCUT2D eigenvalue weighted by atomic mass is 9.84. The molecule has 0 amide bonds. The average Bonchev–Trinajstić information content (AvgIpc) is 3.74. The first-order chi connectivity index (χ1) is 33.7. The highest BCUT2D eigenvalue weighted by Gasteiger charge is 2.26. The summed E-state index contributed by atoms with van der Waals surface area (Å²) < 4.78 is 2.51. The van der Waals surface area contributed by atoms with E-state index in [1.165, 1.54) is 81.9 Å². The van der Waals surface area contributed by atoms with Gasteiger partial charge in [-0.05, 0) is 149 Å². The van der Waals surface area contributed by atoms with Gasteiger partial charge in [0.25, 0.3) is 0 Å². The Morgan fingerprint density at radius 3 is 1.21 bits per heavy atom. The lowest BCUT2D eigenvalue weighted by Crippen LogP contribution is -2.09. The Hall–Kier alpha value is -8.98. The topological polar surface area (TPSA) is 8.17 Å². The van der Waals surface area contributed by atoms with Crippen LogP contribution in [0.25, 0.3) is 104 Å². The molecule has 0 atom stereocenters. The van der Waals surface area contributed by atoms with Gasteiger partial charge in [-0.1, -0.05) is 194 Å². The third-order valence-corrected chi connectivity index (χ3v) is 13.7. The van der Waals surface area contributed by atoms with Crippen molar-refractivity contribution in [1.29, 1.82) is 0 Å². The minimum atomic E-state index is 1.09. The highest BCUT2D eigenvalue weighted by molar-refractivity contribution is 6.25. The smallest absolute Gasteiger partial charge is 0.0619 e. The van der Waals surface area contributed by atoms with E-state index in [0.717, 1.165) is 39.5 Å². The SMILES string of the molecule is c1ccc(-c2c(-c3ccccc3)n(-c3ccc(N(c4ccccc4)c4ccccc4)cc3)c3cc4c(-c5ccc6ccccc6c5)c5ccccc5c(-c5ccc6ccccc6c5)c4cc23)cc1. The first-order valence-electron chi connectivity index (χ1n) is 23.4. The van der Waals surface area contributed by atoms with Crippen LogP contribution in [-0.4, -0.2) is 4.57 Å². The molecule has 0 saturated carbocycles. The number of para-hydroxylation sites is 2. The summed E-state index contributed by atoms with van der Waals surface area (Å²) in [5, 5.41) is 11.0. The van der Waals surface area contributed by atoms with Crippen molar-refractivity contribution in [1.82, 2.24) is 4.57 Å². The summed E-state index contributed by atoms with van der Waals surface area (Å²) in [4.78, 5) is 2.33. The number of hydrogen-bond donors (Lipinski definition) is 0. The molecule has 13 rings (SSSR count). The Kier molecular flexibility index (Phi) is 9.54. The van der Waals surface area contributed by atoms with E-state index in [0.29, 0.717) is 0 Å². The van der Waals surface area contributed by atoms with E-state index in [4.69, 9.17) is 0 Å². The van der Waals surface area contributed by atoms with E-state index in [-0.39, 0.29) is 0 Å². The van der Waals surface area contributed by atoms with Gasteiger partial charge in [0.05, 0.1) is 11.2 Å². The van der Waals surface area contributed by atoms with Gasteiger partial charge in [0.2, 0.25) is 0 Å². The third-order valence-electron chi connectivity index (χ3n) is 13.7. The molecule has 68 heavy (non-hydrogen) atoms. The van der Waals surface area contributed by atoms with Crippen molar-refractivity contribution < 1.29 is 0 Å². The van der Waals surface area contributed by atoms with Gasteiger partial charge in [0.15, 0.2) is 0 Å². The number of anilines is 3. The lowest BCUT2D eigenvalue weighted by Gasteiger charge is -2.25. The van der Waals surface area contributed by atoms with Crippen molar-refractivity contribution in [2.45, 2.75) is 0 Å². The standard InChI is InChI=1S/C66H44N2/c1-5-21-47(22-6-1)65-61-43-59-60(64(52-36-34-46-20-14-16-26-50(46)42-52)58-32-18-17-31-57(58)63(59)51-35-33-45-19-13-15-25-49(45)41-51)44-62(61)68(66(65)48-23-7-2-8-24-48)56-39-37-55(38-40-56)67(53-27-9-3-10-28-53)54-29-11-4-12-30-54/h1-44H. The van der Waals surface area contributed by atoms with E-state index in [2.05, 4.69) is 276 Å². The summed E-state index contributed by atoms with van der Waals surface area (Å²) in [7, 11) is 0. The first kappa shape index (κ1) is 39.4. The largest absolute Gasteiger partial charge is 0.311 e. The monoisotopic (exact) mass is 864 g/mol. The number of fused-ring (bicyclic) bond motifs is 5. The molecule has 13 aromatic rings. The minimum absolute atomic E-state index is 1.09. The molecule has 0 bridgehead atoms. The number of nitrogens with zero attached hydrogens (tertiary/aromatic N) is 2. The summed E-state index contributed by atoms with van der Waals surface area (Å²) in [5.41, 5.74) is 15.1. The summed E-state index contributed by atoms with van der Waals surface area (Å²) in [6, 6.07) is 97.7. The number of aromatic nitrogens is 1. The van der Waals surface area contributed by atoms with Gasteiger partial charge in [-0.2, -0.15) is 0 Å². The van der Waals surface area contributed by atoms with Crippen molar-refractivity contribution in [3.63, 3.8) is 0 Å². The van der Waals surface area contributed by atoms with Crippen LogP contribution in [0.15, 0.2) is 267 Å². The molecule has 12 aromatic carbocycles. The van der Waals surface area contributed by atoms with E-state index >= 15 is 0 Å². The number of rotatable bonds is 8. The van der Waals surface area contributed by atoms with E-state index in [1.807, 2.05) is 0 Å². The Bertz CT molecular complexity index is 3950. The highest BCUT2D eigenvalue weighted by Crippen LogP contribution is 2.50. The van der Waals surface area contributed by atoms with Gasteiger partial charge in [0, 0.05) is 33.7 Å². The molecule has 0 saturated heterocycles. The van der Waals surface area contributed by atoms with Crippen LogP contribution in [-0.2, 0) is 0 Å². The van der Waals surface area contributed by atoms with Gasteiger partial charge < -0.3 is 9.47 Å². The van der Waals surface area contributed by atoms with Gasteiger partial charge in [-0.25, -0.2) is 0 Å². The average molecular weight is 865 g/mol. The Labute approximate surface area is 395 Å². The zero-order valence-electron chi connectivity index (χ0n) is 37.3. The first-order valence-corrected chi connectivity index (χ1v) is 23.4. The van der Waals surface area contributed by atoms with Crippen molar-refractivity contribution in [3.8, 4) is 50.3 Å². The van der Waals surface area contributed by atoms with Crippen LogP contribution in [0, 0.1) is 0 Å². The van der Waals surface area contributed by atoms with Crippen LogP contribution in [0.4, 0.5) is 17.1 Å². The fraction of sp³-hybridized carbons (Fsp3) is 0. The summed E-state index contributed by atoms with van der Waals surface area (Å²) in [5.74, 6) is 0. The molecular weight excluding hydrogens is 821 g/mol. The maximum Gasteiger partial charge on any atom is 0.0619 e. The van der Waals surface area contributed by atoms with Crippen molar-refractivity contribution in [3.05, 3.63) is 267 Å². The second-order valence-corrected chi connectivity index (χ2v) is 17.6. The van der Waals surface area contributed by atoms with Crippen molar-refractivity contribution in [2.24, 2.45) is 0 Å². The molecule has 0 fully saturated rings. The molecule has 0 aliphatic carbocycles. The Morgan fingerprint density at radius 2 is 0.676 bits per heavy atom. The second kappa shape index (κ2) is 16.5. The molecule has 2 heteroatoms. The summed E-state index contributed by atoms with van der Waals surface area (Å²) >= 11 is 0.